The minimum absolute atomic E-state index is 0.0351. The van der Waals surface area contributed by atoms with Crippen molar-refractivity contribution in [3.63, 3.8) is 0 Å². The van der Waals surface area contributed by atoms with Crippen molar-refractivity contribution in [2.45, 2.75) is 38.4 Å². The molecular formula is C15H20O3. The molecule has 3 rings (SSSR count). The minimum atomic E-state index is -0.467. The minimum Gasteiger partial charge on any atom is -0.461 e. The van der Waals surface area contributed by atoms with Gasteiger partial charge in [0.15, 0.2) is 0 Å². The zero-order chi connectivity index (χ0) is 13.0. The van der Waals surface area contributed by atoms with Crippen LogP contribution in [0.1, 0.15) is 26.2 Å². The van der Waals surface area contributed by atoms with E-state index in [-0.39, 0.29) is 35.7 Å². The van der Waals surface area contributed by atoms with Crippen LogP contribution in [0.4, 0.5) is 0 Å². The first-order valence-electron chi connectivity index (χ1n) is 6.75. The van der Waals surface area contributed by atoms with E-state index >= 15 is 0 Å². The molecule has 0 aromatic rings. The monoisotopic (exact) mass is 248 g/mol. The largest absolute Gasteiger partial charge is 0.461 e. The molecule has 3 fully saturated rings. The van der Waals surface area contributed by atoms with Crippen molar-refractivity contribution in [1.29, 1.82) is 0 Å². The van der Waals surface area contributed by atoms with Gasteiger partial charge in [0.1, 0.15) is 6.10 Å². The molecule has 0 radical (unpaired) electrons. The molecule has 2 aliphatic carbocycles. The average Bonchev–Trinajstić information content (AvgIpc) is 2.72. The molecule has 0 bridgehead atoms. The summed E-state index contributed by atoms with van der Waals surface area (Å²) in [7, 11) is 0. The van der Waals surface area contributed by atoms with Crippen LogP contribution in [0.2, 0.25) is 0 Å². The van der Waals surface area contributed by atoms with Crippen LogP contribution in [-0.2, 0) is 9.53 Å². The summed E-state index contributed by atoms with van der Waals surface area (Å²) in [4.78, 5) is 11.8. The van der Waals surface area contributed by atoms with E-state index in [1.807, 2.05) is 6.92 Å². The Morgan fingerprint density at radius 2 is 2.11 bits per heavy atom. The van der Waals surface area contributed by atoms with E-state index in [1.54, 1.807) is 0 Å². The Hall–Kier alpha value is -1.09. The molecule has 0 amide bonds. The van der Waals surface area contributed by atoms with Gasteiger partial charge in [0, 0.05) is 11.8 Å². The van der Waals surface area contributed by atoms with E-state index in [4.69, 9.17) is 4.74 Å². The quantitative estimate of drug-likeness (QED) is 0.527. The number of allylic oxidation sites excluding steroid dienone is 1. The molecular weight excluding hydrogens is 228 g/mol. The predicted molar refractivity (Wildman–Crippen MR) is 67.7 cm³/mol. The van der Waals surface area contributed by atoms with Crippen molar-refractivity contribution in [3.8, 4) is 0 Å². The number of aliphatic hydroxyl groups excluding tert-OH is 1. The summed E-state index contributed by atoms with van der Waals surface area (Å²) in [6, 6.07) is 0. The summed E-state index contributed by atoms with van der Waals surface area (Å²) >= 11 is 0. The van der Waals surface area contributed by atoms with Gasteiger partial charge in [-0.15, -0.1) is 0 Å². The third-order valence-corrected chi connectivity index (χ3v) is 5.13. The molecule has 98 valence electrons. The molecule has 0 aromatic carbocycles. The van der Waals surface area contributed by atoms with Crippen LogP contribution in [0.25, 0.3) is 0 Å². The van der Waals surface area contributed by atoms with E-state index in [2.05, 4.69) is 13.2 Å². The maximum atomic E-state index is 11.8. The lowest BCUT2D eigenvalue weighted by atomic mass is 9.80. The summed E-state index contributed by atoms with van der Waals surface area (Å²) in [5, 5.41) is 10.0. The zero-order valence-corrected chi connectivity index (χ0v) is 10.8. The molecule has 1 heterocycles. The third kappa shape index (κ3) is 1.50. The smallest absolute Gasteiger partial charge is 0.309 e. The number of hydrogen-bond acceptors (Lipinski definition) is 3. The number of rotatable bonds is 0. The summed E-state index contributed by atoms with van der Waals surface area (Å²) in [6.45, 7) is 10.1. The van der Waals surface area contributed by atoms with Crippen molar-refractivity contribution in [2.24, 2.45) is 23.7 Å². The number of esters is 1. The number of carbonyl (C=O) groups excluding carboxylic acids is 1. The van der Waals surface area contributed by atoms with Crippen molar-refractivity contribution >= 4 is 5.97 Å². The van der Waals surface area contributed by atoms with Gasteiger partial charge in [-0.1, -0.05) is 25.7 Å². The molecule has 2 saturated carbocycles. The van der Waals surface area contributed by atoms with Gasteiger partial charge in [-0.05, 0) is 30.8 Å². The maximum Gasteiger partial charge on any atom is 0.309 e. The summed E-state index contributed by atoms with van der Waals surface area (Å²) in [6.07, 6.45) is 2.03. The van der Waals surface area contributed by atoms with Crippen LogP contribution in [0.3, 0.4) is 0 Å². The molecule has 1 N–H and O–H groups in total. The van der Waals surface area contributed by atoms with Crippen LogP contribution in [0.15, 0.2) is 24.3 Å². The molecule has 3 nitrogen and oxygen atoms in total. The topological polar surface area (TPSA) is 46.5 Å². The normalized spacial score (nSPS) is 47.6. The molecule has 6 atom stereocenters. The molecule has 1 saturated heterocycles. The van der Waals surface area contributed by atoms with Gasteiger partial charge in [-0.2, -0.15) is 0 Å². The van der Waals surface area contributed by atoms with Crippen LogP contribution < -0.4 is 0 Å². The molecule has 3 heteroatoms. The van der Waals surface area contributed by atoms with Crippen molar-refractivity contribution in [2.75, 3.05) is 0 Å². The molecule has 0 aromatic heterocycles. The van der Waals surface area contributed by atoms with E-state index < -0.39 is 6.10 Å². The average molecular weight is 248 g/mol. The fourth-order valence-corrected chi connectivity index (χ4v) is 3.96. The highest BCUT2D eigenvalue weighted by atomic mass is 16.6. The third-order valence-electron chi connectivity index (χ3n) is 5.13. The summed E-state index contributed by atoms with van der Waals surface area (Å²) in [5.41, 5.74) is 2.02. The van der Waals surface area contributed by atoms with Gasteiger partial charge in [-0.3, -0.25) is 4.79 Å². The van der Waals surface area contributed by atoms with Crippen LogP contribution in [0.5, 0.6) is 0 Å². The van der Waals surface area contributed by atoms with E-state index in [0.29, 0.717) is 6.42 Å². The molecule has 0 unspecified atom stereocenters. The highest BCUT2D eigenvalue weighted by molar-refractivity contribution is 5.75. The van der Waals surface area contributed by atoms with Crippen LogP contribution in [-0.4, -0.2) is 23.3 Å². The zero-order valence-electron chi connectivity index (χ0n) is 10.8. The van der Waals surface area contributed by atoms with Gasteiger partial charge in [0.05, 0.1) is 12.0 Å². The lowest BCUT2D eigenvalue weighted by Gasteiger charge is -2.26. The van der Waals surface area contributed by atoms with Gasteiger partial charge >= 0.3 is 5.97 Å². The van der Waals surface area contributed by atoms with Crippen LogP contribution in [0, 0.1) is 23.7 Å². The number of hydrogen-bond donors (Lipinski definition) is 1. The highest BCUT2D eigenvalue weighted by Gasteiger charge is 2.53. The van der Waals surface area contributed by atoms with Crippen molar-refractivity contribution in [3.05, 3.63) is 24.3 Å². The van der Waals surface area contributed by atoms with E-state index in [0.717, 1.165) is 18.4 Å². The molecule has 18 heavy (non-hydrogen) atoms. The number of aliphatic hydroxyl groups is 1. The molecule has 0 spiro atoms. The number of carbonyl (C=O) groups is 1. The number of ether oxygens (including phenoxy) is 1. The highest BCUT2D eigenvalue weighted by Crippen LogP contribution is 2.52. The summed E-state index contributed by atoms with van der Waals surface area (Å²) < 4.78 is 5.59. The SMILES string of the molecule is C=C1[C@@H]2[C@H]3OC(=O)[C@H](C)[C@@H]3CCC(=C)[C@@H]2C[C@@H]1O. The van der Waals surface area contributed by atoms with Gasteiger partial charge in [0.25, 0.3) is 0 Å². The fourth-order valence-electron chi connectivity index (χ4n) is 3.96. The first-order valence-corrected chi connectivity index (χ1v) is 6.75. The van der Waals surface area contributed by atoms with Crippen molar-refractivity contribution in [1.82, 2.24) is 0 Å². The van der Waals surface area contributed by atoms with Gasteiger partial charge in [-0.25, -0.2) is 0 Å². The van der Waals surface area contributed by atoms with Gasteiger partial charge in [0.2, 0.25) is 0 Å². The summed E-state index contributed by atoms with van der Waals surface area (Å²) in [5.74, 6) is 0.443. The van der Waals surface area contributed by atoms with E-state index in [9.17, 15) is 9.90 Å². The molecule has 1 aliphatic heterocycles. The first kappa shape index (κ1) is 12.0. The predicted octanol–water partition coefficient (Wildman–Crippen LogP) is 2.07. The Morgan fingerprint density at radius 3 is 2.83 bits per heavy atom. The maximum absolute atomic E-state index is 11.8. The Kier molecular flexibility index (Phi) is 2.63. The van der Waals surface area contributed by atoms with E-state index in [1.165, 1.54) is 5.57 Å². The second kappa shape index (κ2) is 3.95. The number of fused-ring (bicyclic) bond motifs is 3. The van der Waals surface area contributed by atoms with Gasteiger partial charge < -0.3 is 9.84 Å². The lowest BCUT2D eigenvalue weighted by molar-refractivity contribution is -0.145. The first-order chi connectivity index (χ1) is 8.50. The van der Waals surface area contributed by atoms with Crippen LogP contribution >= 0.6 is 0 Å². The Balaban J connectivity index is 1.98. The Morgan fingerprint density at radius 1 is 1.39 bits per heavy atom. The second-order valence-corrected chi connectivity index (χ2v) is 6.01. The Labute approximate surface area is 108 Å². The molecule has 3 aliphatic rings. The lowest BCUT2D eigenvalue weighted by Crippen LogP contribution is -2.29. The standard InChI is InChI=1S/C15H20O3/c1-7-4-5-10-8(2)15(17)18-14(10)13-9(3)12(16)6-11(7)13/h8,10-14,16H,1,3-6H2,2H3/t8-,10+,11+,12+,13+,14+/m1/s1. The fraction of sp³-hybridized carbons (Fsp3) is 0.667. The Bertz CT molecular complexity index is 425. The second-order valence-electron chi connectivity index (χ2n) is 6.01. The van der Waals surface area contributed by atoms with Crippen molar-refractivity contribution < 1.29 is 14.6 Å².